The summed E-state index contributed by atoms with van der Waals surface area (Å²) in [5, 5.41) is 12.0. The van der Waals surface area contributed by atoms with E-state index in [9.17, 15) is 4.79 Å². The molecule has 0 saturated carbocycles. The van der Waals surface area contributed by atoms with Crippen LogP contribution in [-0.2, 0) is 11.2 Å². The third-order valence-corrected chi connectivity index (χ3v) is 4.53. The summed E-state index contributed by atoms with van der Waals surface area (Å²) in [6.45, 7) is 1.10. The van der Waals surface area contributed by atoms with Gasteiger partial charge in [0.15, 0.2) is 0 Å². The average Bonchev–Trinajstić information content (AvgIpc) is 3.37. The smallest absolute Gasteiger partial charge is 0.227 e. The molecule has 0 spiro atoms. The number of nitrogens with two attached hydrogens (primary N) is 1. The van der Waals surface area contributed by atoms with E-state index in [1.165, 1.54) is 0 Å². The Balaban J connectivity index is 1.40. The second-order valence-electron chi connectivity index (χ2n) is 6.21. The van der Waals surface area contributed by atoms with Crippen LogP contribution in [-0.4, -0.2) is 54.7 Å². The van der Waals surface area contributed by atoms with Crippen LogP contribution in [0.25, 0.3) is 5.69 Å². The number of rotatable bonds is 4. The summed E-state index contributed by atoms with van der Waals surface area (Å²) >= 11 is 0. The molecular formula is C17H19N7O. The molecule has 3 heterocycles. The summed E-state index contributed by atoms with van der Waals surface area (Å²) in [6.07, 6.45) is 7.39. The minimum Gasteiger partial charge on any atom is -0.339 e. The Bertz CT molecular complexity index is 827. The van der Waals surface area contributed by atoms with Gasteiger partial charge in [0.2, 0.25) is 5.91 Å². The Labute approximate surface area is 144 Å². The number of nitrogens with zero attached hydrogens (tertiary/aromatic N) is 6. The second-order valence-corrected chi connectivity index (χ2v) is 6.21. The number of hydrogen-bond donors (Lipinski definition) is 1. The number of carbonyl (C=O) groups excluding carboxylic acids is 1. The summed E-state index contributed by atoms with van der Waals surface area (Å²) in [5.41, 5.74) is 8.11. The molecule has 2 atom stereocenters. The summed E-state index contributed by atoms with van der Waals surface area (Å²) in [5.74, 6) is 0.0740. The van der Waals surface area contributed by atoms with Gasteiger partial charge in [-0.25, -0.2) is 9.36 Å². The van der Waals surface area contributed by atoms with Crippen LogP contribution >= 0.6 is 0 Å². The van der Waals surface area contributed by atoms with Crippen molar-refractivity contribution in [3.8, 4) is 5.69 Å². The molecule has 0 bridgehead atoms. The third kappa shape index (κ3) is 3.16. The first-order valence-corrected chi connectivity index (χ1v) is 8.19. The van der Waals surface area contributed by atoms with Crippen molar-refractivity contribution in [2.24, 2.45) is 5.73 Å². The van der Waals surface area contributed by atoms with E-state index in [4.69, 9.17) is 5.73 Å². The van der Waals surface area contributed by atoms with Gasteiger partial charge in [-0.1, -0.05) is 17.3 Å². The van der Waals surface area contributed by atoms with Crippen LogP contribution in [0.3, 0.4) is 0 Å². The monoisotopic (exact) mass is 337 g/mol. The molecule has 8 heteroatoms. The van der Waals surface area contributed by atoms with Crippen molar-refractivity contribution in [3.05, 3.63) is 60.7 Å². The molecular weight excluding hydrogens is 318 g/mol. The van der Waals surface area contributed by atoms with Gasteiger partial charge in [0.1, 0.15) is 0 Å². The maximum absolute atomic E-state index is 12.6. The molecule has 3 aromatic rings. The first-order chi connectivity index (χ1) is 12.2. The third-order valence-electron chi connectivity index (χ3n) is 4.53. The molecule has 2 N–H and O–H groups in total. The molecule has 2 aromatic heterocycles. The molecule has 1 fully saturated rings. The Hall–Kier alpha value is -3.00. The lowest BCUT2D eigenvalue weighted by Crippen LogP contribution is -2.33. The van der Waals surface area contributed by atoms with E-state index in [1.807, 2.05) is 36.5 Å². The minimum absolute atomic E-state index is 0.0198. The molecule has 8 nitrogen and oxygen atoms in total. The number of carbonyl (C=O) groups is 1. The van der Waals surface area contributed by atoms with E-state index in [-0.39, 0.29) is 18.0 Å². The van der Waals surface area contributed by atoms with Crippen LogP contribution in [0.1, 0.15) is 11.6 Å². The minimum atomic E-state index is -0.132. The largest absolute Gasteiger partial charge is 0.339 e. The van der Waals surface area contributed by atoms with E-state index in [0.717, 1.165) is 11.3 Å². The molecule has 0 radical (unpaired) electrons. The molecule has 0 aliphatic carbocycles. The van der Waals surface area contributed by atoms with Gasteiger partial charge < -0.3 is 10.6 Å². The lowest BCUT2D eigenvalue weighted by Gasteiger charge is -2.16. The molecule has 4 rings (SSSR count). The molecule has 1 amide bonds. The Morgan fingerprint density at radius 1 is 1.16 bits per heavy atom. The highest BCUT2D eigenvalue weighted by Gasteiger charge is 2.34. The van der Waals surface area contributed by atoms with Crippen LogP contribution in [0.5, 0.6) is 0 Å². The van der Waals surface area contributed by atoms with Gasteiger partial charge in [0, 0.05) is 37.7 Å². The predicted molar refractivity (Wildman–Crippen MR) is 90.9 cm³/mol. The first-order valence-electron chi connectivity index (χ1n) is 8.19. The highest BCUT2D eigenvalue weighted by atomic mass is 16.2. The van der Waals surface area contributed by atoms with E-state index in [1.54, 1.807) is 32.9 Å². The standard InChI is InChI=1S/C17H19N7O/c18-15-11-22(12-16(15)24-9-7-19-21-24)17(25)10-13-2-4-14(5-3-13)23-8-1-6-20-23/h1-9,15-16H,10-12,18H2/t15-,16+/m1/s1. The summed E-state index contributed by atoms with van der Waals surface area (Å²) in [6, 6.07) is 9.56. The summed E-state index contributed by atoms with van der Waals surface area (Å²) < 4.78 is 3.52. The fourth-order valence-electron chi connectivity index (χ4n) is 3.16. The van der Waals surface area contributed by atoms with Crippen molar-refractivity contribution in [2.75, 3.05) is 13.1 Å². The number of benzene rings is 1. The highest BCUT2D eigenvalue weighted by molar-refractivity contribution is 5.79. The van der Waals surface area contributed by atoms with Crippen molar-refractivity contribution in [3.63, 3.8) is 0 Å². The topological polar surface area (TPSA) is 94.9 Å². The predicted octanol–water partition coefficient (Wildman–Crippen LogP) is 0.417. The highest BCUT2D eigenvalue weighted by Crippen LogP contribution is 2.20. The quantitative estimate of drug-likeness (QED) is 0.744. The number of likely N-dealkylation sites (tertiary alicyclic amines) is 1. The summed E-state index contributed by atoms with van der Waals surface area (Å²) in [4.78, 5) is 14.4. The lowest BCUT2D eigenvalue weighted by atomic mass is 10.1. The fraction of sp³-hybridized carbons (Fsp3) is 0.294. The van der Waals surface area contributed by atoms with Crippen molar-refractivity contribution < 1.29 is 4.79 Å². The number of aromatic nitrogens is 5. The maximum Gasteiger partial charge on any atom is 0.227 e. The molecule has 25 heavy (non-hydrogen) atoms. The number of amides is 1. The zero-order valence-corrected chi connectivity index (χ0v) is 13.6. The van der Waals surface area contributed by atoms with E-state index >= 15 is 0 Å². The molecule has 128 valence electrons. The van der Waals surface area contributed by atoms with E-state index in [2.05, 4.69) is 15.4 Å². The van der Waals surface area contributed by atoms with Gasteiger partial charge in [0.05, 0.1) is 24.3 Å². The van der Waals surface area contributed by atoms with Crippen LogP contribution in [0, 0.1) is 0 Å². The Morgan fingerprint density at radius 2 is 2.00 bits per heavy atom. The zero-order chi connectivity index (χ0) is 17.2. The number of hydrogen-bond acceptors (Lipinski definition) is 5. The maximum atomic E-state index is 12.6. The van der Waals surface area contributed by atoms with Gasteiger partial charge in [-0.2, -0.15) is 5.10 Å². The van der Waals surface area contributed by atoms with Crippen LogP contribution in [0.2, 0.25) is 0 Å². The Morgan fingerprint density at radius 3 is 2.68 bits per heavy atom. The van der Waals surface area contributed by atoms with Gasteiger partial charge >= 0.3 is 0 Å². The van der Waals surface area contributed by atoms with Crippen LogP contribution < -0.4 is 5.73 Å². The summed E-state index contributed by atoms with van der Waals surface area (Å²) in [7, 11) is 0. The lowest BCUT2D eigenvalue weighted by molar-refractivity contribution is -0.129. The van der Waals surface area contributed by atoms with E-state index in [0.29, 0.717) is 19.5 Å². The zero-order valence-electron chi connectivity index (χ0n) is 13.6. The van der Waals surface area contributed by atoms with Gasteiger partial charge in [-0.3, -0.25) is 4.79 Å². The average molecular weight is 337 g/mol. The molecule has 0 unspecified atom stereocenters. The van der Waals surface area contributed by atoms with Crippen molar-refractivity contribution in [1.29, 1.82) is 0 Å². The van der Waals surface area contributed by atoms with Crippen molar-refractivity contribution in [1.82, 2.24) is 29.7 Å². The molecule has 1 aliphatic rings. The van der Waals surface area contributed by atoms with Gasteiger partial charge in [-0.15, -0.1) is 5.10 Å². The fourth-order valence-corrected chi connectivity index (χ4v) is 3.16. The van der Waals surface area contributed by atoms with Crippen molar-refractivity contribution in [2.45, 2.75) is 18.5 Å². The molecule has 1 saturated heterocycles. The van der Waals surface area contributed by atoms with E-state index < -0.39 is 0 Å². The second kappa shape index (κ2) is 6.48. The van der Waals surface area contributed by atoms with Gasteiger partial charge in [-0.05, 0) is 23.8 Å². The SMILES string of the molecule is N[C@@H]1CN(C(=O)Cc2ccc(-n3cccn3)cc2)C[C@@H]1n1ccnn1. The first kappa shape index (κ1) is 15.5. The normalized spacial score (nSPS) is 20.1. The van der Waals surface area contributed by atoms with Crippen molar-refractivity contribution >= 4 is 5.91 Å². The van der Waals surface area contributed by atoms with Crippen LogP contribution in [0.15, 0.2) is 55.1 Å². The van der Waals surface area contributed by atoms with Gasteiger partial charge in [0.25, 0.3) is 0 Å². The Kier molecular flexibility index (Phi) is 4.02. The molecule has 1 aromatic carbocycles. The molecule has 1 aliphatic heterocycles. The van der Waals surface area contributed by atoms with Crippen LogP contribution in [0.4, 0.5) is 0 Å².